The number of hydrogen-bond donors (Lipinski definition) is 1. The number of amides is 1. The topological polar surface area (TPSA) is 120 Å². The maximum Gasteiger partial charge on any atom is 0.410 e. The quantitative estimate of drug-likeness (QED) is 0.705. The molecule has 2 aliphatic heterocycles. The summed E-state index contributed by atoms with van der Waals surface area (Å²) in [4.78, 5) is 17.0. The van der Waals surface area contributed by atoms with Crippen LogP contribution in [-0.4, -0.2) is 78.0 Å². The summed E-state index contributed by atoms with van der Waals surface area (Å²) in [5, 5.41) is 14.5. The Morgan fingerprint density at radius 3 is 2.28 bits per heavy atom. The highest BCUT2D eigenvalue weighted by Crippen LogP contribution is 2.40. The van der Waals surface area contributed by atoms with Gasteiger partial charge in [0.2, 0.25) is 0 Å². The van der Waals surface area contributed by atoms with Gasteiger partial charge in [0.15, 0.2) is 0 Å². The molecular formula is C19H33N5O4S. The third kappa shape index (κ3) is 4.85. The number of rotatable bonds is 5. The van der Waals surface area contributed by atoms with Crippen LogP contribution in [-0.2, 0) is 14.9 Å². The lowest BCUT2D eigenvalue weighted by Crippen LogP contribution is -2.73. The van der Waals surface area contributed by atoms with Gasteiger partial charge in [0.1, 0.15) is 5.60 Å². The van der Waals surface area contributed by atoms with Crippen LogP contribution in [0.3, 0.4) is 0 Å². The average molecular weight is 428 g/mol. The van der Waals surface area contributed by atoms with Crippen molar-refractivity contribution in [1.82, 2.24) is 14.1 Å². The summed E-state index contributed by atoms with van der Waals surface area (Å²) < 4.78 is 30.0. The summed E-state index contributed by atoms with van der Waals surface area (Å²) in [6.45, 7) is 9.70. The molecule has 3 rings (SSSR count). The van der Waals surface area contributed by atoms with Crippen LogP contribution in [0.4, 0.5) is 4.79 Å². The van der Waals surface area contributed by atoms with E-state index >= 15 is 0 Å². The van der Waals surface area contributed by atoms with Crippen LogP contribution in [0.25, 0.3) is 0 Å². The molecule has 0 unspecified atom stereocenters. The lowest BCUT2D eigenvalue weighted by molar-refractivity contribution is -0.0414. The van der Waals surface area contributed by atoms with Gasteiger partial charge in [-0.3, -0.25) is 4.90 Å². The van der Waals surface area contributed by atoms with Gasteiger partial charge in [-0.2, -0.15) is 18.0 Å². The van der Waals surface area contributed by atoms with Crippen molar-refractivity contribution in [2.75, 3.05) is 26.2 Å². The molecule has 0 bridgehead atoms. The first-order chi connectivity index (χ1) is 13.4. The summed E-state index contributed by atoms with van der Waals surface area (Å²) in [6, 6.07) is 2.54. The van der Waals surface area contributed by atoms with E-state index in [9.17, 15) is 18.5 Å². The Labute approximate surface area is 173 Å². The van der Waals surface area contributed by atoms with E-state index in [1.165, 1.54) is 4.31 Å². The minimum absolute atomic E-state index is 0.101. The molecule has 3 fully saturated rings. The number of carbonyl (C=O) groups is 1. The van der Waals surface area contributed by atoms with E-state index in [0.29, 0.717) is 19.0 Å². The summed E-state index contributed by atoms with van der Waals surface area (Å²) in [5.74, 6) is 0.487. The summed E-state index contributed by atoms with van der Waals surface area (Å²) in [6.07, 6.45) is 2.58. The molecule has 10 heteroatoms. The Hall–Kier alpha value is -1.41. The van der Waals surface area contributed by atoms with Gasteiger partial charge in [-0.1, -0.05) is 6.92 Å². The Balaban J connectivity index is 1.65. The fourth-order valence-corrected chi connectivity index (χ4v) is 5.38. The van der Waals surface area contributed by atoms with E-state index in [4.69, 9.17) is 9.88 Å². The van der Waals surface area contributed by atoms with Gasteiger partial charge in [-0.15, -0.1) is 0 Å². The molecule has 3 aliphatic rings. The number of hydrogen-bond acceptors (Lipinski definition) is 6. The van der Waals surface area contributed by atoms with E-state index in [1.807, 2.05) is 25.7 Å². The third-order valence-corrected chi connectivity index (χ3v) is 7.24. The molecule has 0 radical (unpaired) electrons. The second-order valence-electron chi connectivity index (χ2n) is 9.76. The summed E-state index contributed by atoms with van der Waals surface area (Å²) in [7, 11) is -3.73. The van der Waals surface area contributed by atoms with Gasteiger partial charge in [-0.25, -0.2) is 9.93 Å². The smallest absolute Gasteiger partial charge is 0.410 e. The largest absolute Gasteiger partial charge is 0.444 e. The number of nitrogens with two attached hydrogens (primary N) is 1. The molecule has 29 heavy (non-hydrogen) atoms. The van der Waals surface area contributed by atoms with Gasteiger partial charge in [-0.05, 0) is 46.0 Å². The number of nitrogens with zero attached hydrogens (tertiary/aromatic N) is 4. The number of piperidine rings is 1. The number of nitriles is 1. The zero-order chi connectivity index (χ0) is 21.6. The fraction of sp³-hybridized carbons (Fsp3) is 0.895. The highest BCUT2D eigenvalue weighted by molar-refractivity contribution is 7.86. The molecule has 0 aromatic heterocycles. The Morgan fingerprint density at radius 1 is 1.31 bits per heavy atom. The van der Waals surface area contributed by atoms with Crippen molar-refractivity contribution in [3.05, 3.63) is 0 Å². The van der Waals surface area contributed by atoms with Crippen LogP contribution in [0, 0.1) is 17.2 Å². The van der Waals surface area contributed by atoms with Crippen LogP contribution < -0.4 is 5.14 Å². The highest BCUT2D eigenvalue weighted by Gasteiger charge is 2.53. The normalized spacial score (nSPS) is 28.3. The Morgan fingerprint density at radius 2 is 1.86 bits per heavy atom. The monoisotopic (exact) mass is 427 g/mol. The second-order valence-corrected chi connectivity index (χ2v) is 11.3. The van der Waals surface area contributed by atoms with Crippen molar-refractivity contribution >= 4 is 16.3 Å². The van der Waals surface area contributed by atoms with E-state index < -0.39 is 21.3 Å². The molecule has 2 N–H and O–H groups in total. The zero-order valence-corrected chi connectivity index (χ0v) is 18.6. The lowest BCUT2D eigenvalue weighted by atomic mass is 9.84. The number of carbonyl (C=O) groups excluding carboxylic acids is 1. The van der Waals surface area contributed by atoms with Crippen LogP contribution in [0.5, 0.6) is 0 Å². The average Bonchev–Trinajstić information content (AvgIpc) is 3.25. The predicted molar refractivity (Wildman–Crippen MR) is 108 cm³/mol. The molecule has 164 valence electrons. The molecule has 1 amide bonds. The molecule has 2 saturated heterocycles. The van der Waals surface area contributed by atoms with Gasteiger partial charge >= 0.3 is 6.09 Å². The molecule has 0 aromatic carbocycles. The van der Waals surface area contributed by atoms with Crippen molar-refractivity contribution < 1.29 is 17.9 Å². The first-order valence-electron chi connectivity index (χ1n) is 10.3. The zero-order valence-electron chi connectivity index (χ0n) is 17.8. The molecule has 2 heterocycles. The van der Waals surface area contributed by atoms with Crippen molar-refractivity contribution in [2.45, 2.75) is 76.6 Å². The third-order valence-electron chi connectivity index (χ3n) is 6.27. The van der Waals surface area contributed by atoms with Crippen LogP contribution in [0.1, 0.15) is 53.4 Å². The molecule has 9 nitrogen and oxygen atoms in total. The van der Waals surface area contributed by atoms with E-state index in [1.54, 1.807) is 0 Å². The Kier molecular flexibility index (Phi) is 5.91. The van der Waals surface area contributed by atoms with Crippen molar-refractivity contribution in [3.8, 4) is 6.07 Å². The molecule has 2 atom stereocenters. The van der Waals surface area contributed by atoms with Gasteiger partial charge < -0.3 is 9.64 Å². The summed E-state index contributed by atoms with van der Waals surface area (Å²) in [5.41, 5.74) is -1.01. The molecule has 0 spiro atoms. The molecule has 1 aliphatic carbocycles. The second kappa shape index (κ2) is 7.69. The minimum Gasteiger partial charge on any atom is -0.444 e. The minimum atomic E-state index is -3.73. The molecular weight excluding hydrogens is 394 g/mol. The Bertz CT molecular complexity index is 773. The van der Waals surface area contributed by atoms with Gasteiger partial charge in [0, 0.05) is 38.3 Å². The first-order valence-corrected chi connectivity index (χ1v) is 11.8. The van der Waals surface area contributed by atoms with Crippen molar-refractivity contribution in [3.63, 3.8) is 0 Å². The standard InChI is InChI=1S/C19H33N5O4S/c1-14-11-16(14)24(17(25)28-18(2,3)4)15-5-9-22(10-6-15)19(7-8-20)12-23(13-19)29(21,26)27/h14-16H,5-7,9-13H2,1-4H3,(H2,21,26,27)/t14-,16-/m1/s1. The van der Waals surface area contributed by atoms with Gasteiger partial charge in [0.25, 0.3) is 10.2 Å². The summed E-state index contributed by atoms with van der Waals surface area (Å²) >= 11 is 0. The van der Waals surface area contributed by atoms with Gasteiger partial charge in [0.05, 0.1) is 18.0 Å². The SMILES string of the molecule is C[C@@H]1C[C@H]1N(C(=O)OC(C)(C)C)C1CCN(C2(CC#N)CN(S(N)(=O)=O)C2)CC1. The van der Waals surface area contributed by atoms with E-state index in [2.05, 4.69) is 17.9 Å². The van der Waals surface area contributed by atoms with Crippen LogP contribution in [0.2, 0.25) is 0 Å². The highest BCUT2D eigenvalue weighted by atomic mass is 32.2. The maximum atomic E-state index is 12.8. The lowest BCUT2D eigenvalue weighted by Gasteiger charge is -2.55. The predicted octanol–water partition coefficient (Wildman–Crippen LogP) is 1.27. The van der Waals surface area contributed by atoms with Crippen LogP contribution in [0.15, 0.2) is 0 Å². The number of ether oxygens (including phenoxy) is 1. The van der Waals surface area contributed by atoms with Crippen molar-refractivity contribution in [2.24, 2.45) is 11.1 Å². The first kappa shape index (κ1) is 22.3. The van der Waals surface area contributed by atoms with Crippen molar-refractivity contribution in [1.29, 1.82) is 5.26 Å². The fourth-order valence-electron chi connectivity index (χ4n) is 4.54. The van der Waals surface area contributed by atoms with E-state index in [-0.39, 0.29) is 37.7 Å². The molecule has 1 saturated carbocycles. The molecule has 0 aromatic rings. The number of likely N-dealkylation sites (tertiary alicyclic amines) is 1. The maximum absolute atomic E-state index is 12.8. The van der Waals surface area contributed by atoms with E-state index in [0.717, 1.165) is 19.3 Å². The van der Waals surface area contributed by atoms with Crippen LogP contribution >= 0.6 is 0 Å².